The summed E-state index contributed by atoms with van der Waals surface area (Å²) >= 11 is 0. The first-order chi connectivity index (χ1) is 17.5. The number of methoxy groups -OCH3 is 2. The molecular formula is C28H41FN2O6. The largest absolute Gasteiger partial charge is 0.439 e. The van der Waals surface area contributed by atoms with Crippen molar-refractivity contribution >= 4 is 17.7 Å². The van der Waals surface area contributed by atoms with Crippen molar-refractivity contribution < 1.29 is 33.3 Å². The number of fused-ring (bicyclic) bond motifs is 2. The molecule has 4 N–H and O–H groups in total. The minimum absolute atomic E-state index is 0.0233. The van der Waals surface area contributed by atoms with Crippen LogP contribution in [0.3, 0.4) is 0 Å². The number of hydrogen-bond donors (Lipinski definition) is 3. The van der Waals surface area contributed by atoms with Crippen LogP contribution in [-0.4, -0.2) is 55.7 Å². The van der Waals surface area contributed by atoms with Crippen LogP contribution >= 0.6 is 0 Å². The van der Waals surface area contributed by atoms with Crippen molar-refractivity contribution in [1.29, 1.82) is 0 Å². The number of ether oxygens (including phenoxy) is 3. The minimum atomic E-state index is -0.940. The van der Waals surface area contributed by atoms with Crippen molar-refractivity contribution in [1.82, 2.24) is 0 Å². The highest BCUT2D eigenvalue weighted by atomic mass is 19.1. The summed E-state index contributed by atoms with van der Waals surface area (Å²) in [7, 11) is 3.04. The molecule has 0 fully saturated rings. The van der Waals surface area contributed by atoms with Gasteiger partial charge in [0.1, 0.15) is 5.82 Å². The molecule has 0 radical (unpaired) electrons. The number of aliphatic hydroxyl groups excluding tert-OH is 1. The molecule has 1 aromatic rings. The Labute approximate surface area is 219 Å². The van der Waals surface area contributed by atoms with E-state index in [9.17, 15) is 14.7 Å². The molecule has 8 nitrogen and oxygen atoms in total. The van der Waals surface area contributed by atoms with Crippen LogP contribution in [0.25, 0.3) is 0 Å². The van der Waals surface area contributed by atoms with E-state index in [-0.39, 0.29) is 17.5 Å². The summed E-state index contributed by atoms with van der Waals surface area (Å²) in [6.07, 6.45) is 1.66. The first-order valence-electron chi connectivity index (χ1n) is 12.6. The Morgan fingerprint density at radius 3 is 2.46 bits per heavy atom. The van der Waals surface area contributed by atoms with Crippen molar-refractivity contribution in [3.63, 3.8) is 0 Å². The van der Waals surface area contributed by atoms with Crippen LogP contribution in [0.1, 0.15) is 52.5 Å². The Bertz CT molecular complexity index is 995. The predicted octanol–water partition coefficient (Wildman–Crippen LogP) is 4.51. The number of anilines is 1. The number of nitrogens with two attached hydrogens (primary N) is 1. The van der Waals surface area contributed by atoms with E-state index >= 15 is 4.39 Å². The molecule has 6 atom stereocenters. The summed E-state index contributed by atoms with van der Waals surface area (Å²) in [5.74, 6) is -1.25. The number of primary amides is 1. The normalized spacial score (nSPS) is 31.4. The monoisotopic (exact) mass is 520 g/mol. The molecule has 2 bridgehead atoms. The van der Waals surface area contributed by atoms with Crippen molar-refractivity contribution in [2.75, 3.05) is 19.5 Å². The molecule has 9 heteroatoms. The van der Waals surface area contributed by atoms with Crippen LogP contribution in [-0.2, 0) is 25.4 Å². The Balaban J connectivity index is 2.48. The first-order valence-corrected chi connectivity index (χ1v) is 12.6. The molecule has 0 spiro atoms. The molecular weight excluding hydrogens is 479 g/mol. The number of halogens is 1. The van der Waals surface area contributed by atoms with Crippen molar-refractivity contribution in [2.45, 2.75) is 77.8 Å². The van der Waals surface area contributed by atoms with Crippen LogP contribution in [0, 0.1) is 17.7 Å². The van der Waals surface area contributed by atoms with Crippen molar-refractivity contribution in [3.05, 3.63) is 52.9 Å². The zero-order valence-corrected chi connectivity index (χ0v) is 22.6. The summed E-state index contributed by atoms with van der Waals surface area (Å²) in [5, 5.41) is 13.7. The van der Waals surface area contributed by atoms with Crippen molar-refractivity contribution in [2.24, 2.45) is 17.6 Å². The van der Waals surface area contributed by atoms with Gasteiger partial charge in [-0.25, -0.2) is 9.18 Å². The first kappa shape index (κ1) is 30.5. The molecule has 1 aliphatic rings. The van der Waals surface area contributed by atoms with Gasteiger partial charge in [-0.2, -0.15) is 0 Å². The molecule has 0 saturated heterocycles. The highest BCUT2D eigenvalue weighted by Gasteiger charge is 2.30. The lowest BCUT2D eigenvalue weighted by Crippen LogP contribution is -2.37. The van der Waals surface area contributed by atoms with E-state index in [1.807, 2.05) is 19.9 Å². The van der Waals surface area contributed by atoms with Gasteiger partial charge in [-0.3, -0.25) is 4.79 Å². The van der Waals surface area contributed by atoms with E-state index in [1.165, 1.54) is 20.3 Å². The molecule has 0 unspecified atom stereocenters. The highest BCUT2D eigenvalue weighted by molar-refractivity contribution is 6.03. The zero-order valence-electron chi connectivity index (χ0n) is 22.6. The third kappa shape index (κ3) is 8.66. The van der Waals surface area contributed by atoms with Gasteiger partial charge in [0.05, 0.1) is 24.0 Å². The summed E-state index contributed by atoms with van der Waals surface area (Å²) in [6, 6.07) is 4.94. The molecule has 0 aliphatic carbocycles. The maximum atomic E-state index is 15.2. The predicted molar refractivity (Wildman–Crippen MR) is 140 cm³/mol. The number of aliphatic hydroxyl groups is 1. The van der Waals surface area contributed by atoms with Gasteiger partial charge in [-0.05, 0) is 62.7 Å². The lowest BCUT2D eigenvalue weighted by Gasteiger charge is -2.30. The Kier molecular flexibility index (Phi) is 11.7. The summed E-state index contributed by atoms with van der Waals surface area (Å²) in [5.41, 5.74) is 7.03. The molecule has 2 rings (SSSR count). The smallest absolute Gasteiger partial charge is 0.405 e. The van der Waals surface area contributed by atoms with E-state index in [1.54, 1.807) is 32.1 Å². The molecule has 0 saturated carbocycles. The second kappa shape index (κ2) is 14.3. The average molecular weight is 521 g/mol. The van der Waals surface area contributed by atoms with E-state index < -0.39 is 42.2 Å². The number of rotatable bonds is 3. The minimum Gasteiger partial charge on any atom is -0.439 e. The molecule has 2 amide bonds. The van der Waals surface area contributed by atoms with Crippen LogP contribution in [0.4, 0.5) is 14.9 Å². The number of amides is 2. The fourth-order valence-corrected chi connectivity index (χ4v) is 4.77. The molecule has 1 aliphatic heterocycles. The molecule has 1 aromatic carbocycles. The Hall–Kier alpha value is -2.75. The molecule has 0 aromatic heterocycles. The summed E-state index contributed by atoms with van der Waals surface area (Å²) in [6.45, 7) is 7.26. The van der Waals surface area contributed by atoms with E-state index in [0.717, 1.165) is 0 Å². The lowest BCUT2D eigenvalue weighted by atomic mass is 9.88. The van der Waals surface area contributed by atoms with Gasteiger partial charge in [0.2, 0.25) is 0 Å². The molecule has 206 valence electrons. The van der Waals surface area contributed by atoms with Crippen LogP contribution in [0.2, 0.25) is 0 Å². The standard InChI is InChI=1S/C28H41FN2O6/c1-16-13-20-10-8-11-21(24(20)29)31-27(33)17(2)9-7-12-22(35-5)26(37-28(30)34)19(4)15-18(3)25(32)23(14-16)36-6/h8-11,15-16,18,22-23,25-26,32H,7,12-14H2,1-6H3,(H2,30,34)(H,31,33)/b17-9+,19-15+/t16-,18+,22-,23-,25-,26-/m0/s1. The lowest BCUT2D eigenvalue weighted by molar-refractivity contribution is -0.112. The molecule has 1 heterocycles. The van der Waals surface area contributed by atoms with E-state index in [2.05, 4.69) is 5.32 Å². The topological polar surface area (TPSA) is 120 Å². The highest BCUT2D eigenvalue weighted by Crippen LogP contribution is 2.27. The SMILES string of the molecule is CO[C@H]1C[C@@H](C)Cc2cccc(c2F)NC(=O)/C(C)=C/CC[C@H](OC)[C@@H](OC(N)=O)/C(C)=C/[C@@H](C)[C@@H]1O. The number of hydrogen-bond acceptors (Lipinski definition) is 6. The number of carbonyl (C=O) groups is 2. The van der Waals surface area contributed by atoms with Gasteiger partial charge in [0, 0.05) is 25.7 Å². The van der Waals surface area contributed by atoms with Crippen molar-refractivity contribution in [3.8, 4) is 0 Å². The van der Waals surface area contributed by atoms with Gasteiger partial charge in [-0.1, -0.05) is 38.1 Å². The fourth-order valence-electron chi connectivity index (χ4n) is 4.77. The van der Waals surface area contributed by atoms with Crippen LogP contribution in [0.15, 0.2) is 41.5 Å². The van der Waals surface area contributed by atoms with Crippen LogP contribution < -0.4 is 11.1 Å². The van der Waals surface area contributed by atoms with Crippen LogP contribution in [0.5, 0.6) is 0 Å². The summed E-state index contributed by atoms with van der Waals surface area (Å²) in [4.78, 5) is 24.4. The number of benzene rings is 1. The Morgan fingerprint density at radius 2 is 1.84 bits per heavy atom. The number of allylic oxidation sites excluding steroid dienone is 1. The quantitative estimate of drug-likeness (QED) is 0.505. The summed E-state index contributed by atoms with van der Waals surface area (Å²) < 4.78 is 31.9. The van der Waals surface area contributed by atoms with E-state index in [4.69, 9.17) is 19.9 Å². The maximum Gasteiger partial charge on any atom is 0.405 e. The third-order valence-corrected chi connectivity index (χ3v) is 6.87. The van der Waals surface area contributed by atoms with Gasteiger partial charge >= 0.3 is 6.09 Å². The van der Waals surface area contributed by atoms with Gasteiger partial charge < -0.3 is 30.4 Å². The number of carbonyl (C=O) groups excluding carboxylic acids is 2. The fraction of sp³-hybridized carbons (Fsp3) is 0.571. The van der Waals surface area contributed by atoms with E-state index in [0.29, 0.717) is 42.4 Å². The molecule has 37 heavy (non-hydrogen) atoms. The second-order valence-electron chi connectivity index (χ2n) is 9.91. The third-order valence-electron chi connectivity index (χ3n) is 6.87. The number of nitrogens with one attached hydrogen (secondary N) is 1. The second-order valence-corrected chi connectivity index (χ2v) is 9.91. The van der Waals surface area contributed by atoms with Gasteiger partial charge in [0.25, 0.3) is 5.91 Å². The zero-order chi connectivity index (χ0) is 27.7. The van der Waals surface area contributed by atoms with Gasteiger partial charge in [-0.15, -0.1) is 0 Å². The average Bonchev–Trinajstić information content (AvgIpc) is 2.85. The maximum absolute atomic E-state index is 15.2. The Morgan fingerprint density at radius 1 is 1.16 bits per heavy atom. The van der Waals surface area contributed by atoms with Gasteiger partial charge in [0.15, 0.2) is 6.10 Å².